The molecule has 4 rings (SSSR count). The third-order valence-corrected chi connectivity index (χ3v) is 4.91. The predicted octanol–water partition coefficient (Wildman–Crippen LogP) is 4.10. The lowest BCUT2D eigenvalue weighted by Crippen LogP contribution is -2.25. The van der Waals surface area contributed by atoms with Crippen LogP contribution in [0.1, 0.15) is 33.5 Å². The molecule has 1 N–H and O–H groups in total. The number of Topliss-reactive ketones (excluding diaryl/α,β-unsaturated/α-hetero) is 1. The van der Waals surface area contributed by atoms with Crippen molar-refractivity contribution in [3.63, 3.8) is 0 Å². The first-order valence-corrected chi connectivity index (χ1v) is 9.51. The number of hydrogen-bond donors (Lipinski definition) is 1. The fourth-order valence-corrected chi connectivity index (χ4v) is 3.43. The van der Waals surface area contributed by atoms with Crippen LogP contribution in [-0.4, -0.2) is 39.7 Å². The summed E-state index contributed by atoms with van der Waals surface area (Å²) < 4.78 is 12.3. The molecule has 2 aromatic carbocycles. The van der Waals surface area contributed by atoms with E-state index in [0.29, 0.717) is 5.56 Å². The lowest BCUT2D eigenvalue weighted by molar-refractivity contribution is 0.0310. The average molecular weight is 403 g/mol. The van der Waals surface area contributed by atoms with Crippen molar-refractivity contribution in [3.8, 4) is 11.4 Å². The Labute approximate surface area is 173 Å². The second-order valence-corrected chi connectivity index (χ2v) is 6.91. The Hall–Kier alpha value is -3.87. The van der Waals surface area contributed by atoms with Crippen LogP contribution in [0.4, 0.5) is 0 Å². The topological polar surface area (TPSA) is 86.2 Å². The maximum absolute atomic E-state index is 13.0. The molecule has 0 amide bonds. The molecule has 7 nitrogen and oxygen atoms in total. The Kier molecular flexibility index (Phi) is 5.10. The molecule has 0 unspecified atom stereocenters. The summed E-state index contributed by atoms with van der Waals surface area (Å²) in [7, 11) is 1.45. The van der Waals surface area contributed by atoms with E-state index in [4.69, 9.17) is 9.47 Å². The Morgan fingerprint density at radius 1 is 1.07 bits per heavy atom. The first-order chi connectivity index (χ1) is 14.5. The maximum atomic E-state index is 13.0. The van der Waals surface area contributed by atoms with E-state index in [-0.39, 0.29) is 17.2 Å². The summed E-state index contributed by atoms with van der Waals surface area (Å²) >= 11 is 0. The lowest BCUT2D eigenvalue weighted by atomic mass is 10.0. The Balaban J connectivity index is 1.58. The molecule has 0 saturated heterocycles. The molecule has 0 bridgehead atoms. The molecule has 0 radical (unpaired) electrons. The van der Waals surface area contributed by atoms with Crippen LogP contribution >= 0.6 is 0 Å². The van der Waals surface area contributed by atoms with E-state index >= 15 is 0 Å². The van der Waals surface area contributed by atoms with Crippen molar-refractivity contribution in [1.29, 1.82) is 0 Å². The van der Waals surface area contributed by atoms with Crippen molar-refractivity contribution in [2.45, 2.75) is 20.0 Å². The highest BCUT2D eigenvalue weighted by Crippen LogP contribution is 2.25. The Morgan fingerprint density at radius 2 is 1.77 bits per heavy atom. The van der Waals surface area contributed by atoms with Crippen molar-refractivity contribution in [1.82, 2.24) is 14.8 Å². The molecular weight excluding hydrogens is 382 g/mol. The fraction of sp³-hybridized carbons (Fsp3) is 0.174. The van der Waals surface area contributed by atoms with Gasteiger partial charge < -0.3 is 14.5 Å². The molecule has 0 aliphatic heterocycles. The number of carbonyl (C=O) groups is 2. The monoisotopic (exact) mass is 403 g/mol. The molecule has 2 heterocycles. The van der Waals surface area contributed by atoms with Gasteiger partial charge in [-0.2, -0.15) is 5.10 Å². The standard InChI is InChI=1S/C23H21N3O4/c1-14-20(17-11-7-8-12-18(17)24-14)22(27)15(2)30-23(28)21-19(29-3)13-26(25-21)16-9-5-4-6-10-16/h4-13,15,24H,1-3H3/t15-/m1/s1. The smallest absolute Gasteiger partial charge is 0.363 e. The van der Waals surface area contributed by atoms with Gasteiger partial charge in [0.05, 0.1) is 19.0 Å². The molecule has 2 aromatic heterocycles. The lowest BCUT2D eigenvalue weighted by Gasteiger charge is -2.12. The van der Waals surface area contributed by atoms with Gasteiger partial charge in [0.1, 0.15) is 0 Å². The first kappa shape index (κ1) is 19.4. The number of benzene rings is 2. The van der Waals surface area contributed by atoms with E-state index in [1.54, 1.807) is 13.1 Å². The minimum Gasteiger partial charge on any atom is -0.493 e. The van der Waals surface area contributed by atoms with Crippen LogP contribution < -0.4 is 4.74 Å². The predicted molar refractivity (Wildman–Crippen MR) is 112 cm³/mol. The molecule has 0 saturated carbocycles. The summed E-state index contributed by atoms with van der Waals surface area (Å²) in [5, 5.41) is 5.09. The number of methoxy groups -OCH3 is 1. The quantitative estimate of drug-likeness (QED) is 0.387. The Morgan fingerprint density at radius 3 is 2.50 bits per heavy atom. The van der Waals surface area contributed by atoms with Gasteiger partial charge in [-0.1, -0.05) is 36.4 Å². The SMILES string of the molecule is COc1cn(-c2ccccc2)nc1C(=O)O[C@H](C)C(=O)c1c(C)[nH]c2ccccc12. The van der Waals surface area contributed by atoms with Crippen molar-refractivity contribution >= 4 is 22.7 Å². The van der Waals surface area contributed by atoms with Crippen molar-refractivity contribution in [2.75, 3.05) is 7.11 Å². The fourth-order valence-electron chi connectivity index (χ4n) is 3.43. The van der Waals surface area contributed by atoms with Gasteiger partial charge in [0.15, 0.2) is 11.9 Å². The average Bonchev–Trinajstić information content (AvgIpc) is 3.34. The van der Waals surface area contributed by atoms with Gasteiger partial charge in [0.2, 0.25) is 11.5 Å². The molecule has 0 aliphatic carbocycles. The highest BCUT2D eigenvalue weighted by Gasteiger charge is 2.27. The van der Waals surface area contributed by atoms with E-state index in [1.807, 2.05) is 61.5 Å². The number of rotatable bonds is 6. The van der Waals surface area contributed by atoms with Crippen LogP contribution in [0.25, 0.3) is 16.6 Å². The summed E-state index contributed by atoms with van der Waals surface area (Å²) in [5.74, 6) is -0.730. The highest BCUT2D eigenvalue weighted by atomic mass is 16.5. The second kappa shape index (κ2) is 7.87. The van der Waals surface area contributed by atoms with Crippen LogP contribution in [0.5, 0.6) is 5.75 Å². The van der Waals surface area contributed by atoms with Gasteiger partial charge in [-0.15, -0.1) is 0 Å². The number of ketones is 1. The van der Waals surface area contributed by atoms with Crippen LogP contribution in [0.3, 0.4) is 0 Å². The number of nitrogens with zero attached hydrogens (tertiary/aromatic N) is 2. The molecule has 7 heteroatoms. The zero-order valence-corrected chi connectivity index (χ0v) is 16.9. The van der Waals surface area contributed by atoms with Crippen molar-refractivity contribution in [2.24, 2.45) is 0 Å². The number of carbonyl (C=O) groups excluding carboxylic acids is 2. The molecule has 0 aliphatic rings. The first-order valence-electron chi connectivity index (χ1n) is 9.51. The van der Waals surface area contributed by atoms with E-state index in [2.05, 4.69) is 10.1 Å². The van der Waals surface area contributed by atoms with Crippen LogP contribution in [0.2, 0.25) is 0 Å². The molecule has 152 valence electrons. The number of H-pyrrole nitrogens is 1. The number of para-hydroxylation sites is 2. The molecule has 0 spiro atoms. The van der Waals surface area contributed by atoms with Crippen molar-refractivity contribution in [3.05, 3.63) is 77.7 Å². The van der Waals surface area contributed by atoms with Crippen LogP contribution in [0, 0.1) is 6.92 Å². The van der Waals surface area contributed by atoms with Crippen molar-refractivity contribution < 1.29 is 19.1 Å². The normalized spacial score (nSPS) is 12.0. The number of fused-ring (bicyclic) bond motifs is 1. The van der Waals surface area contributed by atoms with Gasteiger partial charge >= 0.3 is 5.97 Å². The third kappa shape index (κ3) is 3.45. The zero-order valence-electron chi connectivity index (χ0n) is 16.9. The summed E-state index contributed by atoms with van der Waals surface area (Å²) in [6.07, 6.45) is 0.615. The van der Waals surface area contributed by atoms with Gasteiger partial charge in [-0.05, 0) is 32.0 Å². The van der Waals surface area contributed by atoms with Gasteiger partial charge in [-0.25, -0.2) is 9.48 Å². The molecule has 1 atom stereocenters. The van der Waals surface area contributed by atoms with Crippen LogP contribution in [0.15, 0.2) is 60.8 Å². The summed E-state index contributed by atoms with van der Waals surface area (Å²) in [4.78, 5) is 29.0. The minimum atomic E-state index is -0.984. The number of aromatic amines is 1. The maximum Gasteiger partial charge on any atom is 0.363 e. The number of esters is 1. The van der Waals surface area contributed by atoms with E-state index in [0.717, 1.165) is 22.3 Å². The minimum absolute atomic E-state index is 0.0108. The molecular formula is C23H21N3O4. The summed E-state index contributed by atoms with van der Waals surface area (Å²) in [5.41, 5.74) is 2.90. The van der Waals surface area contributed by atoms with E-state index in [1.165, 1.54) is 11.8 Å². The molecule has 0 fully saturated rings. The summed E-state index contributed by atoms with van der Waals surface area (Å²) in [6, 6.07) is 16.9. The van der Waals surface area contributed by atoms with Gasteiger partial charge in [0, 0.05) is 22.2 Å². The highest BCUT2D eigenvalue weighted by molar-refractivity contribution is 6.11. The number of aryl methyl sites for hydroxylation is 1. The third-order valence-electron chi connectivity index (χ3n) is 4.91. The Bertz CT molecular complexity index is 1220. The van der Waals surface area contributed by atoms with Gasteiger partial charge in [-0.3, -0.25) is 4.79 Å². The van der Waals surface area contributed by atoms with Gasteiger partial charge in [0.25, 0.3) is 0 Å². The number of ether oxygens (including phenoxy) is 2. The molecule has 4 aromatic rings. The van der Waals surface area contributed by atoms with E-state index < -0.39 is 12.1 Å². The largest absolute Gasteiger partial charge is 0.493 e. The number of aromatic nitrogens is 3. The zero-order chi connectivity index (χ0) is 21.3. The summed E-state index contributed by atoms with van der Waals surface area (Å²) in [6.45, 7) is 3.38. The van der Waals surface area contributed by atoms with E-state index in [9.17, 15) is 9.59 Å². The number of hydrogen-bond acceptors (Lipinski definition) is 5. The number of nitrogens with one attached hydrogen (secondary N) is 1. The van der Waals surface area contributed by atoms with Crippen LogP contribution in [-0.2, 0) is 4.74 Å². The molecule has 30 heavy (non-hydrogen) atoms. The second-order valence-electron chi connectivity index (χ2n) is 6.91.